The average molecular weight is 201 g/mol. The number of hydrogen-bond acceptors (Lipinski definition) is 1. The third-order valence-electron chi connectivity index (χ3n) is 3.26. The van der Waals surface area contributed by atoms with E-state index in [-0.39, 0.29) is 9.20 Å². The van der Waals surface area contributed by atoms with Crippen LogP contribution in [-0.2, 0) is 0 Å². The van der Waals surface area contributed by atoms with Crippen molar-refractivity contribution in [2.24, 2.45) is 5.92 Å². The Morgan fingerprint density at radius 3 is 2.33 bits per heavy atom. The zero-order valence-electron chi connectivity index (χ0n) is 8.82. The normalized spacial score (nSPS) is 22.5. The minimum atomic E-state index is 0.154. The molecule has 0 aromatic rings. The van der Waals surface area contributed by atoms with Crippen LogP contribution >= 0.6 is 0 Å². The Morgan fingerprint density at radius 2 is 1.83 bits per heavy atom. The minimum Gasteiger partial charge on any atom is -0.340 e. The van der Waals surface area contributed by atoms with Crippen LogP contribution in [0.25, 0.3) is 0 Å². The zero-order valence-corrected chi connectivity index (χ0v) is 12.2. The van der Waals surface area contributed by atoms with E-state index in [0.717, 1.165) is 5.92 Å². The zero-order chi connectivity index (χ0) is 9.03. The fraction of sp³-hybridized carbons (Fsp3) is 1.00. The van der Waals surface area contributed by atoms with E-state index in [2.05, 4.69) is 18.8 Å². The topological polar surface area (TPSA) is 12.0 Å². The van der Waals surface area contributed by atoms with Gasteiger partial charge in [-0.1, -0.05) is 19.3 Å². The first-order valence-electron chi connectivity index (χ1n) is 5.42. The molecule has 0 aromatic heterocycles. The highest BCUT2D eigenvalue weighted by atomic mass is 29.1. The second-order valence-electron chi connectivity index (χ2n) is 4.59. The maximum absolute atomic E-state index is 3.79. The molecule has 1 aliphatic carbocycles. The highest BCUT2D eigenvalue weighted by Crippen LogP contribution is 2.31. The molecule has 72 valence electrons. The van der Waals surface area contributed by atoms with Gasteiger partial charge in [-0.2, -0.15) is 0 Å². The fourth-order valence-corrected chi connectivity index (χ4v) is 6.36. The quantitative estimate of drug-likeness (QED) is 0.648. The Labute approximate surface area is 81.8 Å². The van der Waals surface area contributed by atoms with Gasteiger partial charge in [-0.3, -0.25) is 0 Å². The van der Waals surface area contributed by atoms with Gasteiger partial charge in [0.15, 0.2) is 0 Å². The van der Waals surface area contributed by atoms with Crippen molar-refractivity contribution in [3.8, 4) is 0 Å². The maximum Gasteiger partial charge on any atom is 0.0728 e. The van der Waals surface area contributed by atoms with E-state index in [1.54, 1.807) is 0 Å². The van der Waals surface area contributed by atoms with Crippen molar-refractivity contribution in [3.63, 3.8) is 0 Å². The number of hydrogen-bond donors (Lipinski definition) is 1. The van der Waals surface area contributed by atoms with E-state index in [1.165, 1.54) is 41.9 Å². The van der Waals surface area contributed by atoms with Gasteiger partial charge in [0, 0.05) is 15.3 Å². The van der Waals surface area contributed by atoms with Gasteiger partial charge in [0.2, 0.25) is 0 Å². The first-order valence-corrected chi connectivity index (χ1v) is 11.8. The third-order valence-corrected chi connectivity index (χ3v) is 5.58. The fourth-order valence-electron chi connectivity index (χ4n) is 2.42. The highest BCUT2D eigenvalue weighted by Gasteiger charge is 2.28. The summed E-state index contributed by atoms with van der Waals surface area (Å²) in [5.41, 5.74) is 0.467. The van der Waals surface area contributed by atoms with Crippen LogP contribution in [0.1, 0.15) is 46.0 Å². The molecule has 0 bridgehead atoms. The molecule has 1 N–H and O–H groups in total. The summed E-state index contributed by atoms with van der Waals surface area (Å²) in [6, 6.07) is 0. The molecule has 0 unspecified atom stereocenters. The molecule has 0 radical (unpaired) electrons. The van der Waals surface area contributed by atoms with E-state index >= 15 is 0 Å². The van der Waals surface area contributed by atoms with Crippen molar-refractivity contribution in [1.82, 2.24) is 4.98 Å². The third kappa shape index (κ3) is 2.71. The molecule has 12 heavy (non-hydrogen) atoms. The summed E-state index contributed by atoms with van der Waals surface area (Å²) in [6.45, 7) is 4.82. The Bertz CT molecular complexity index is 130. The van der Waals surface area contributed by atoms with Gasteiger partial charge in [-0.25, -0.2) is 0 Å². The Balaban J connectivity index is 2.41. The molecule has 0 heterocycles. The first-order chi connectivity index (χ1) is 5.67. The summed E-state index contributed by atoms with van der Waals surface area (Å²) in [7, 11) is 1.57. The summed E-state index contributed by atoms with van der Waals surface area (Å²) in [5.74, 6) is 0.965. The van der Waals surface area contributed by atoms with Gasteiger partial charge in [0.1, 0.15) is 0 Å². The molecule has 0 spiro atoms. The predicted molar refractivity (Wildman–Crippen MR) is 62.3 cm³/mol. The van der Waals surface area contributed by atoms with Gasteiger partial charge in [-0.15, -0.1) is 0 Å². The van der Waals surface area contributed by atoms with Crippen LogP contribution in [0, 0.1) is 5.92 Å². The van der Waals surface area contributed by atoms with Crippen LogP contribution in [0.2, 0.25) is 0 Å². The van der Waals surface area contributed by atoms with Crippen LogP contribution in [0.15, 0.2) is 0 Å². The second kappa shape index (κ2) is 4.58. The van der Waals surface area contributed by atoms with E-state index < -0.39 is 0 Å². The van der Waals surface area contributed by atoms with Crippen molar-refractivity contribution < 1.29 is 0 Å². The van der Waals surface area contributed by atoms with Gasteiger partial charge >= 0.3 is 0 Å². The number of nitrogens with one attached hydrogen (secondary N) is 1. The van der Waals surface area contributed by atoms with Crippen molar-refractivity contribution in [2.45, 2.75) is 51.5 Å². The van der Waals surface area contributed by atoms with E-state index in [1.807, 2.05) is 0 Å². The molecule has 1 aliphatic rings. The molecule has 1 fully saturated rings. The SMILES string of the molecule is CC(C)(N[SiH2][SiH3])C1CCCCC1. The maximum atomic E-state index is 3.79. The lowest BCUT2D eigenvalue weighted by molar-refractivity contribution is 0.223. The molecule has 3 heteroatoms. The van der Waals surface area contributed by atoms with Crippen LogP contribution in [0.4, 0.5) is 0 Å². The molecule has 1 nitrogen and oxygen atoms in total. The molecule has 0 amide bonds. The Morgan fingerprint density at radius 1 is 1.25 bits per heavy atom. The lowest BCUT2D eigenvalue weighted by Crippen LogP contribution is -2.48. The van der Waals surface area contributed by atoms with Gasteiger partial charge in [-0.05, 0) is 32.6 Å². The van der Waals surface area contributed by atoms with E-state index in [9.17, 15) is 0 Å². The lowest BCUT2D eigenvalue weighted by atomic mass is 9.77. The smallest absolute Gasteiger partial charge is 0.0728 e. The van der Waals surface area contributed by atoms with Crippen LogP contribution in [0.3, 0.4) is 0 Å². The highest BCUT2D eigenvalue weighted by molar-refractivity contribution is 6.87. The van der Waals surface area contributed by atoms with Crippen molar-refractivity contribution in [3.05, 3.63) is 0 Å². The van der Waals surface area contributed by atoms with E-state index in [0.29, 0.717) is 5.54 Å². The minimum absolute atomic E-state index is 0.154. The summed E-state index contributed by atoms with van der Waals surface area (Å²) < 4.78 is 0. The summed E-state index contributed by atoms with van der Waals surface area (Å²) in [5, 5.41) is 0. The predicted octanol–water partition coefficient (Wildman–Crippen LogP) is 0.299. The van der Waals surface area contributed by atoms with E-state index in [4.69, 9.17) is 0 Å². The Hall–Kier alpha value is 0.394. The second-order valence-corrected chi connectivity index (χ2v) is 7.77. The molecule has 0 aromatic carbocycles. The van der Waals surface area contributed by atoms with Crippen LogP contribution in [-0.4, -0.2) is 24.5 Å². The van der Waals surface area contributed by atoms with Gasteiger partial charge < -0.3 is 4.98 Å². The standard InChI is InChI=1S/C9H23NSi2/c1-9(2,10-12-11)8-6-4-3-5-7-8/h8,10H,3-7,12H2,1-2,11H3. The van der Waals surface area contributed by atoms with Crippen molar-refractivity contribution in [1.29, 1.82) is 0 Å². The molecular formula is C9H23NSi2. The first kappa shape index (κ1) is 10.5. The molecule has 0 aliphatic heterocycles. The molecule has 1 rings (SSSR count). The summed E-state index contributed by atoms with van der Waals surface area (Å²) in [6.07, 6.45) is 7.35. The summed E-state index contributed by atoms with van der Waals surface area (Å²) in [4.78, 5) is 3.79. The summed E-state index contributed by atoms with van der Waals surface area (Å²) >= 11 is 0. The molecular weight excluding hydrogens is 178 g/mol. The lowest BCUT2D eigenvalue weighted by Gasteiger charge is -2.38. The van der Waals surface area contributed by atoms with Crippen LogP contribution in [0.5, 0.6) is 0 Å². The number of rotatable bonds is 3. The monoisotopic (exact) mass is 201 g/mol. The van der Waals surface area contributed by atoms with Crippen molar-refractivity contribution in [2.75, 3.05) is 0 Å². The average Bonchev–Trinajstić information content (AvgIpc) is 2.06. The largest absolute Gasteiger partial charge is 0.340 e. The van der Waals surface area contributed by atoms with Crippen molar-refractivity contribution >= 4 is 19.0 Å². The van der Waals surface area contributed by atoms with Crippen LogP contribution < -0.4 is 4.98 Å². The Kier molecular flexibility index (Phi) is 4.00. The van der Waals surface area contributed by atoms with Gasteiger partial charge in [0.25, 0.3) is 0 Å². The molecule has 0 saturated heterocycles. The molecule has 0 atom stereocenters. The van der Waals surface area contributed by atoms with Gasteiger partial charge in [0.05, 0.1) is 9.20 Å². The molecule has 1 saturated carbocycles.